The number of nitrogens with two attached hydrogens (primary N) is 1. The first kappa shape index (κ1) is 15.6. The summed E-state index contributed by atoms with van der Waals surface area (Å²) in [7, 11) is 0. The monoisotopic (exact) mass is 256 g/mol. The summed E-state index contributed by atoms with van der Waals surface area (Å²) in [6.45, 7) is 2.00. The van der Waals surface area contributed by atoms with Gasteiger partial charge in [-0.3, -0.25) is 9.59 Å². The Bertz CT molecular complexity index is 394. The highest BCUT2D eigenvalue weighted by molar-refractivity contribution is 5.97. The molecule has 4 nitrogen and oxygen atoms in total. The van der Waals surface area contributed by atoms with Crippen molar-refractivity contribution in [2.45, 2.75) is 19.8 Å². The number of rotatable bonds is 5. The van der Waals surface area contributed by atoms with Crippen molar-refractivity contribution in [1.29, 1.82) is 0 Å². The number of nitrogens with one attached hydrogen (secondary N) is 1. The van der Waals surface area contributed by atoms with Crippen LogP contribution in [0.1, 0.15) is 30.1 Å². The van der Waals surface area contributed by atoms with E-state index in [-0.39, 0.29) is 24.1 Å². The van der Waals surface area contributed by atoms with Crippen molar-refractivity contribution in [1.82, 2.24) is 0 Å². The molecule has 1 aromatic rings. The molecule has 0 aliphatic rings. The molecule has 0 saturated heterocycles. The second-order valence-electron chi connectivity index (χ2n) is 3.58. The van der Waals surface area contributed by atoms with E-state index in [0.29, 0.717) is 30.6 Å². The normalized spacial score (nSPS) is 9.29. The van der Waals surface area contributed by atoms with E-state index in [4.69, 9.17) is 5.73 Å². The number of amides is 1. The Morgan fingerprint density at radius 2 is 2.06 bits per heavy atom. The standard InChI is InChI=1S/C12H16N2O2.ClH/c1-9(15)10-4-2-5-11(8-10)14-12(16)6-3-7-13;/h2,4-5,8H,3,6-7,13H2,1H3,(H,14,16);1H. The van der Waals surface area contributed by atoms with Crippen molar-refractivity contribution >= 4 is 29.8 Å². The van der Waals surface area contributed by atoms with E-state index >= 15 is 0 Å². The molecule has 94 valence electrons. The van der Waals surface area contributed by atoms with E-state index in [1.54, 1.807) is 24.3 Å². The van der Waals surface area contributed by atoms with Crippen molar-refractivity contribution in [2.75, 3.05) is 11.9 Å². The van der Waals surface area contributed by atoms with Gasteiger partial charge in [-0.2, -0.15) is 0 Å². The number of carbonyl (C=O) groups is 2. The van der Waals surface area contributed by atoms with Crippen LogP contribution in [0.3, 0.4) is 0 Å². The van der Waals surface area contributed by atoms with E-state index in [1.807, 2.05) is 0 Å². The summed E-state index contributed by atoms with van der Waals surface area (Å²) in [5.41, 5.74) is 6.55. The number of Topliss-reactive ketones (excluding diaryl/α,β-unsaturated/α-hetero) is 1. The van der Waals surface area contributed by atoms with Crippen LogP contribution in [0, 0.1) is 0 Å². The van der Waals surface area contributed by atoms with E-state index in [9.17, 15) is 9.59 Å². The highest BCUT2D eigenvalue weighted by Crippen LogP contribution is 2.11. The molecule has 0 fully saturated rings. The Morgan fingerprint density at radius 1 is 1.35 bits per heavy atom. The van der Waals surface area contributed by atoms with Crippen LogP contribution < -0.4 is 11.1 Å². The molecule has 0 spiro atoms. The van der Waals surface area contributed by atoms with Gasteiger partial charge in [-0.25, -0.2) is 0 Å². The molecule has 0 bridgehead atoms. The summed E-state index contributed by atoms with van der Waals surface area (Å²) in [6, 6.07) is 6.89. The Balaban J connectivity index is 0.00000256. The fourth-order valence-electron chi connectivity index (χ4n) is 1.30. The van der Waals surface area contributed by atoms with Crippen LogP contribution in [0.5, 0.6) is 0 Å². The van der Waals surface area contributed by atoms with Gasteiger partial charge in [-0.1, -0.05) is 12.1 Å². The highest BCUT2D eigenvalue weighted by atomic mass is 35.5. The van der Waals surface area contributed by atoms with Crippen LogP contribution in [0.4, 0.5) is 5.69 Å². The van der Waals surface area contributed by atoms with Crippen LogP contribution in [-0.2, 0) is 4.79 Å². The Kier molecular flexibility index (Phi) is 7.18. The Labute approximate surface area is 107 Å². The molecule has 3 N–H and O–H groups in total. The first-order valence-electron chi connectivity index (χ1n) is 5.24. The van der Waals surface area contributed by atoms with Crippen LogP contribution in [0.2, 0.25) is 0 Å². The van der Waals surface area contributed by atoms with Gasteiger partial charge in [0.05, 0.1) is 0 Å². The Hall–Kier alpha value is -1.39. The fraction of sp³-hybridized carbons (Fsp3) is 0.333. The molecule has 0 aromatic heterocycles. The fourth-order valence-corrected chi connectivity index (χ4v) is 1.30. The number of benzene rings is 1. The van der Waals surface area contributed by atoms with Crippen molar-refractivity contribution in [3.05, 3.63) is 29.8 Å². The molecule has 0 saturated carbocycles. The quantitative estimate of drug-likeness (QED) is 0.792. The van der Waals surface area contributed by atoms with Crippen molar-refractivity contribution in [3.63, 3.8) is 0 Å². The van der Waals surface area contributed by atoms with E-state index in [1.165, 1.54) is 6.92 Å². The first-order chi connectivity index (χ1) is 7.63. The number of halogens is 1. The van der Waals surface area contributed by atoms with E-state index in [0.717, 1.165) is 0 Å². The zero-order valence-corrected chi connectivity index (χ0v) is 10.5. The van der Waals surface area contributed by atoms with Crippen molar-refractivity contribution in [3.8, 4) is 0 Å². The highest BCUT2D eigenvalue weighted by Gasteiger charge is 2.03. The molecule has 0 heterocycles. The summed E-state index contributed by atoms with van der Waals surface area (Å²) in [5.74, 6) is -0.0933. The van der Waals surface area contributed by atoms with Gasteiger partial charge in [-0.15, -0.1) is 12.4 Å². The third-order valence-corrected chi connectivity index (χ3v) is 2.16. The maximum atomic E-state index is 11.4. The predicted molar refractivity (Wildman–Crippen MR) is 70.6 cm³/mol. The number of hydrogen-bond acceptors (Lipinski definition) is 3. The van der Waals surface area contributed by atoms with Crippen LogP contribution in [0.25, 0.3) is 0 Å². The van der Waals surface area contributed by atoms with Crippen LogP contribution >= 0.6 is 12.4 Å². The van der Waals surface area contributed by atoms with Gasteiger partial charge in [-0.05, 0) is 32.0 Å². The van der Waals surface area contributed by atoms with Crippen LogP contribution in [-0.4, -0.2) is 18.2 Å². The lowest BCUT2D eigenvalue weighted by molar-refractivity contribution is -0.116. The molecule has 5 heteroatoms. The second kappa shape index (κ2) is 7.81. The smallest absolute Gasteiger partial charge is 0.224 e. The topological polar surface area (TPSA) is 72.2 Å². The van der Waals surface area contributed by atoms with Crippen molar-refractivity contribution < 1.29 is 9.59 Å². The minimum Gasteiger partial charge on any atom is -0.330 e. The predicted octanol–water partition coefficient (Wildman–Crippen LogP) is 1.99. The SMILES string of the molecule is CC(=O)c1cccc(NC(=O)CCCN)c1.Cl. The number of anilines is 1. The van der Waals surface area contributed by atoms with Crippen molar-refractivity contribution in [2.24, 2.45) is 5.73 Å². The maximum Gasteiger partial charge on any atom is 0.224 e. The summed E-state index contributed by atoms with van der Waals surface area (Å²) >= 11 is 0. The third kappa shape index (κ3) is 5.47. The van der Waals surface area contributed by atoms with Gasteiger partial charge in [0.2, 0.25) is 5.91 Å². The zero-order chi connectivity index (χ0) is 12.0. The number of ketones is 1. The van der Waals surface area contributed by atoms with Gasteiger partial charge < -0.3 is 11.1 Å². The lowest BCUT2D eigenvalue weighted by Crippen LogP contribution is -2.13. The second-order valence-corrected chi connectivity index (χ2v) is 3.58. The first-order valence-corrected chi connectivity index (χ1v) is 5.24. The molecule has 0 atom stereocenters. The minimum atomic E-state index is -0.0776. The summed E-state index contributed by atoms with van der Waals surface area (Å²) in [6.07, 6.45) is 1.07. The number of hydrogen-bond donors (Lipinski definition) is 2. The van der Waals surface area contributed by atoms with Crippen LogP contribution in [0.15, 0.2) is 24.3 Å². The van der Waals surface area contributed by atoms with Gasteiger partial charge in [0, 0.05) is 17.7 Å². The molecule has 17 heavy (non-hydrogen) atoms. The lowest BCUT2D eigenvalue weighted by atomic mass is 10.1. The molecule has 0 radical (unpaired) electrons. The molecule has 1 aromatic carbocycles. The lowest BCUT2D eigenvalue weighted by Gasteiger charge is -2.05. The zero-order valence-electron chi connectivity index (χ0n) is 9.73. The maximum absolute atomic E-state index is 11.4. The molecule has 1 amide bonds. The molecule has 0 aliphatic heterocycles. The molecule has 0 aliphatic carbocycles. The van der Waals surface area contributed by atoms with Gasteiger partial charge in [0.25, 0.3) is 0 Å². The van der Waals surface area contributed by atoms with E-state index < -0.39 is 0 Å². The average Bonchev–Trinajstić information content (AvgIpc) is 2.26. The molecule has 0 unspecified atom stereocenters. The summed E-state index contributed by atoms with van der Waals surface area (Å²) < 4.78 is 0. The molecular weight excluding hydrogens is 240 g/mol. The van der Waals surface area contributed by atoms with Gasteiger partial charge in [0.15, 0.2) is 5.78 Å². The van der Waals surface area contributed by atoms with E-state index in [2.05, 4.69) is 5.32 Å². The van der Waals surface area contributed by atoms with Gasteiger partial charge in [0.1, 0.15) is 0 Å². The third-order valence-electron chi connectivity index (χ3n) is 2.16. The number of carbonyl (C=O) groups excluding carboxylic acids is 2. The Morgan fingerprint density at radius 3 is 2.65 bits per heavy atom. The largest absolute Gasteiger partial charge is 0.330 e. The minimum absolute atomic E-state index is 0. The molecule has 1 rings (SSSR count). The average molecular weight is 257 g/mol. The van der Waals surface area contributed by atoms with Gasteiger partial charge >= 0.3 is 0 Å². The molecular formula is C12H17ClN2O2. The summed E-state index contributed by atoms with van der Waals surface area (Å²) in [4.78, 5) is 22.5. The summed E-state index contributed by atoms with van der Waals surface area (Å²) in [5, 5.41) is 2.73.